The number of hydrogen-bond donors (Lipinski definition) is 0. The summed E-state index contributed by atoms with van der Waals surface area (Å²) in [4.78, 5) is 0. The lowest BCUT2D eigenvalue weighted by atomic mass is 9.98. The van der Waals surface area contributed by atoms with Crippen LogP contribution < -0.4 is 0 Å². The Hall–Kier alpha value is -1.56. The Morgan fingerprint density at radius 1 is 0.750 bits per heavy atom. The average molecular weight is 210 g/mol. The second kappa shape index (κ2) is 4.52. The lowest BCUT2D eigenvalue weighted by Gasteiger charge is -2.07. The summed E-state index contributed by atoms with van der Waals surface area (Å²) in [6, 6.07) is 15.5. The van der Waals surface area contributed by atoms with Crippen LogP contribution in [0.5, 0.6) is 0 Å². The fraction of sp³-hybridized carbons (Fsp3) is 0.250. The van der Waals surface area contributed by atoms with E-state index in [2.05, 4.69) is 63.2 Å². The van der Waals surface area contributed by atoms with E-state index < -0.39 is 0 Å². The first-order valence-electron chi connectivity index (χ1n) is 5.77. The third kappa shape index (κ3) is 2.52. The molecule has 0 bridgehead atoms. The molecule has 0 N–H and O–H groups in total. The van der Waals surface area contributed by atoms with Crippen molar-refractivity contribution in [3.8, 4) is 0 Å². The van der Waals surface area contributed by atoms with Crippen LogP contribution in [0.1, 0.15) is 27.8 Å². The lowest BCUT2D eigenvalue weighted by Crippen LogP contribution is -1.92. The molecule has 0 amide bonds. The predicted molar refractivity (Wildman–Crippen MR) is 69.9 cm³/mol. The van der Waals surface area contributed by atoms with Crippen LogP contribution in [0.25, 0.3) is 0 Å². The molecule has 2 aromatic rings. The van der Waals surface area contributed by atoms with Gasteiger partial charge in [-0.1, -0.05) is 53.6 Å². The second-order valence-corrected chi connectivity index (χ2v) is 4.59. The highest BCUT2D eigenvalue weighted by atomic mass is 14.1. The predicted octanol–water partition coefficient (Wildman–Crippen LogP) is 4.20. The third-order valence-electron chi connectivity index (χ3n) is 3.02. The second-order valence-electron chi connectivity index (χ2n) is 4.59. The van der Waals surface area contributed by atoms with Gasteiger partial charge in [0, 0.05) is 0 Å². The molecule has 2 rings (SSSR count). The topological polar surface area (TPSA) is 0 Å². The van der Waals surface area contributed by atoms with Gasteiger partial charge in [-0.25, -0.2) is 0 Å². The van der Waals surface area contributed by atoms with Gasteiger partial charge in [0.15, 0.2) is 0 Å². The minimum atomic E-state index is 1.04. The molecule has 0 heteroatoms. The molecule has 0 aromatic heterocycles. The zero-order valence-electron chi connectivity index (χ0n) is 10.2. The first-order chi connectivity index (χ1) is 7.65. The van der Waals surface area contributed by atoms with Crippen molar-refractivity contribution in [3.63, 3.8) is 0 Å². The van der Waals surface area contributed by atoms with Crippen LogP contribution in [0.3, 0.4) is 0 Å². The quantitative estimate of drug-likeness (QED) is 0.696. The highest BCUT2D eigenvalue weighted by molar-refractivity contribution is 5.35. The maximum absolute atomic E-state index is 2.29. The first kappa shape index (κ1) is 10.9. The van der Waals surface area contributed by atoms with E-state index in [4.69, 9.17) is 0 Å². The van der Waals surface area contributed by atoms with Crippen molar-refractivity contribution in [2.75, 3.05) is 0 Å². The molecule has 0 aliphatic carbocycles. The number of aryl methyl sites for hydroxylation is 3. The van der Waals surface area contributed by atoms with Gasteiger partial charge >= 0.3 is 0 Å². The molecular weight excluding hydrogens is 192 g/mol. The van der Waals surface area contributed by atoms with E-state index in [1.54, 1.807) is 0 Å². The fourth-order valence-corrected chi connectivity index (χ4v) is 1.92. The molecule has 0 nitrogen and oxygen atoms in total. The molecule has 0 spiro atoms. The minimum Gasteiger partial charge on any atom is -0.0590 e. The number of benzene rings is 2. The van der Waals surface area contributed by atoms with E-state index in [9.17, 15) is 0 Å². The smallest absolute Gasteiger partial charge is 0.00230 e. The SMILES string of the molecule is Cc1ccc(Cc2cc(C)ccc2C)cc1. The molecule has 0 fully saturated rings. The van der Waals surface area contributed by atoms with E-state index in [0.717, 1.165) is 6.42 Å². The van der Waals surface area contributed by atoms with Crippen molar-refractivity contribution in [3.05, 3.63) is 70.3 Å². The highest BCUT2D eigenvalue weighted by Gasteiger charge is 2.00. The molecule has 0 radical (unpaired) electrons. The molecule has 82 valence electrons. The van der Waals surface area contributed by atoms with Crippen LogP contribution in [0.2, 0.25) is 0 Å². The van der Waals surface area contributed by atoms with Crippen LogP contribution in [-0.4, -0.2) is 0 Å². The molecule has 0 saturated carbocycles. The van der Waals surface area contributed by atoms with Gasteiger partial charge in [-0.3, -0.25) is 0 Å². The molecule has 0 heterocycles. The van der Waals surface area contributed by atoms with E-state index in [-0.39, 0.29) is 0 Å². The third-order valence-corrected chi connectivity index (χ3v) is 3.02. The van der Waals surface area contributed by atoms with Crippen LogP contribution in [0.15, 0.2) is 42.5 Å². The largest absolute Gasteiger partial charge is 0.0590 e. The lowest BCUT2D eigenvalue weighted by molar-refractivity contribution is 1.14. The molecule has 0 unspecified atom stereocenters. The molecule has 16 heavy (non-hydrogen) atoms. The summed E-state index contributed by atoms with van der Waals surface area (Å²) in [5.41, 5.74) is 6.87. The summed E-state index contributed by atoms with van der Waals surface area (Å²) in [6.07, 6.45) is 1.04. The van der Waals surface area contributed by atoms with Gasteiger partial charge in [0.25, 0.3) is 0 Å². The van der Waals surface area contributed by atoms with Crippen LogP contribution >= 0.6 is 0 Å². The van der Waals surface area contributed by atoms with E-state index >= 15 is 0 Å². The average Bonchev–Trinajstić information content (AvgIpc) is 2.27. The Bertz CT molecular complexity index is 478. The molecule has 0 atom stereocenters. The summed E-state index contributed by atoms with van der Waals surface area (Å²) in [6.45, 7) is 6.46. The Kier molecular flexibility index (Phi) is 3.09. The van der Waals surface area contributed by atoms with Gasteiger partial charge in [-0.05, 0) is 43.9 Å². The Balaban J connectivity index is 2.26. The molecule has 0 aliphatic heterocycles. The summed E-state index contributed by atoms with van der Waals surface area (Å²) < 4.78 is 0. The highest BCUT2D eigenvalue weighted by Crippen LogP contribution is 2.16. The summed E-state index contributed by atoms with van der Waals surface area (Å²) in [5.74, 6) is 0. The normalized spacial score (nSPS) is 10.4. The zero-order valence-corrected chi connectivity index (χ0v) is 10.2. The van der Waals surface area contributed by atoms with E-state index in [1.165, 1.54) is 27.8 Å². The Morgan fingerprint density at radius 2 is 1.38 bits per heavy atom. The minimum absolute atomic E-state index is 1.04. The summed E-state index contributed by atoms with van der Waals surface area (Å²) in [7, 11) is 0. The Morgan fingerprint density at radius 3 is 2.06 bits per heavy atom. The van der Waals surface area contributed by atoms with Crippen molar-refractivity contribution in [2.45, 2.75) is 27.2 Å². The summed E-state index contributed by atoms with van der Waals surface area (Å²) >= 11 is 0. The van der Waals surface area contributed by atoms with Crippen molar-refractivity contribution in [1.29, 1.82) is 0 Å². The fourth-order valence-electron chi connectivity index (χ4n) is 1.92. The summed E-state index contributed by atoms with van der Waals surface area (Å²) in [5, 5.41) is 0. The van der Waals surface area contributed by atoms with Crippen molar-refractivity contribution in [2.24, 2.45) is 0 Å². The van der Waals surface area contributed by atoms with E-state index in [1.807, 2.05) is 0 Å². The monoisotopic (exact) mass is 210 g/mol. The molecule has 2 aromatic carbocycles. The van der Waals surface area contributed by atoms with Crippen LogP contribution in [0, 0.1) is 20.8 Å². The number of hydrogen-bond acceptors (Lipinski definition) is 0. The van der Waals surface area contributed by atoms with Gasteiger partial charge in [0.2, 0.25) is 0 Å². The van der Waals surface area contributed by atoms with Gasteiger partial charge in [0.1, 0.15) is 0 Å². The standard InChI is InChI=1S/C16H18/c1-12-5-8-15(9-6-12)11-16-10-13(2)4-7-14(16)3/h4-10H,11H2,1-3H3. The van der Waals surface area contributed by atoms with E-state index in [0.29, 0.717) is 0 Å². The van der Waals surface area contributed by atoms with Gasteiger partial charge in [-0.2, -0.15) is 0 Å². The maximum Gasteiger partial charge on any atom is -0.00230 e. The van der Waals surface area contributed by atoms with Gasteiger partial charge in [-0.15, -0.1) is 0 Å². The van der Waals surface area contributed by atoms with Crippen LogP contribution in [-0.2, 0) is 6.42 Å². The van der Waals surface area contributed by atoms with Crippen LogP contribution in [0.4, 0.5) is 0 Å². The zero-order chi connectivity index (χ0) is 11.5. The van der Waals surface area contributed by atoms with Crippen molar-refractivity contribution in [1.82, 2.24) is 0 Å². The molecule has 0 aliphatic rings. The van der Waals surface area contributed by atoms with Crippen molar-refractivity contribution >= 4 is 0 Å². The van der Waals surface area contributed by atoms with Gasteiger partial charge in [0.05, 0.1) is 0 Å². The maximum atomic E-state index is 2.29. The molecule has 0 saturated heterocycles. The Labute approximate surface area is 97.9 Å². The first-order valence-corrected chi connectivity index (χ1v) is 5.77. The molecular formula is C16H18. The number of rotatable bonds is 2. The van der Waals surface area contributed by atoms with Gasteiger partial charge < -0.3 is 0 Å². The van der Waals surface area contributed by atoms with Crippen molar-refractivity contribution < 1.29 is 0 Å².